The lowest BCUT2D eigenvalue weighted by atomic mass is 9.96. The van der Waals surface area contributed by atoms with Crippen molar-refractivity contribution >= 4 is 5.69 Å². The van der Waals surface area contributed by atoms with E-state index in [-0.39, 0.29) is 5.82 Å². The second-order valence-corrected chi connectivity index (χ2v) is 4.18. The topological polar surface area (TPSA) is 38.5 Å². The third-order valence-electron chi connectivity index (χ3n) is 2.38. The van der Waals surface area contributed by atoms with Crippen LogP contribution in [0.4, 0.5) is 10.1 Å². The molecule has 0 spiro atoms. The molecule has 0 bridgehead atoms. The molecule has 0 aliphatic rings. The summed E-state index contributed by atoms with van der Waals surface area (Å²) in [5, 5.41) is 0. The monoisotopic (exact) mass is 212 g/mol. The molecule has 0 saturated heterocycles. The van der Waals surface area contributed by atoms with Gasteiger partial charge in [-0.3, -0.25) is 4.84 Å². The van der Waals surface area contributed by atoms with E-state index in [4.69, 9.17) is 10.7 Å². The summed E-state index contributed by atoms with van der Waals surface area (Å²) in [4.78, 5) is 6.77. The number of hydrogen-bond donors (Lipinski definition) is 1. The van der Waals surface area contributed by atoms with Crippen LogP contribution in [0.5, 0.6) is 0 Å². The van der Waals surface area contributed by atoms with Crippen LogP contribution in [0.15, 0.2) is 18.2 Å². The average molecular weight is 212 g/mol. The third-order valence-corrected chi connectivity index (χ3v) is 2.38. The summed E-state index contributed by atoms with van der Waals surface area (Å²) in [6.07, 6.45) is 0. The molecule has 15 heavy (non-hydrogen) atoms. The van der Waals surface area contributed by atoms with Gasteiger partial charge in [0.1, 0.15) is 11.4 Å². The van der Waals surface area contributed by atoms with Crippen molar-refractivity contribution in [2.24, 2.45) is 5.90 Å². The van der Waals surface area contributed by atoms with E-state index in [2.05, 4.69) is 0 Å². The zero-order valence-electron chi connectivity index (χ0n) is 9.54. The van der Waals surface area contributed by atoms with Crippen LogP contribution < -0.4 is 10.8 Å². The summed E-state index contributed by atoms with van der Waals surface area (Å²) in [7, 11) is 3.78. The van der Waals surface area contributed by atoms with Crippen molar-refractivity contribution in [3.05, 3.63) is 29.6 Å². The molecule has 0 radical (unpaired) electrons. The Morgan fingerprint density at radius 2 is 1.93 bits per heavy atom. The smallest absolute Gasteiger partial charge is 0.123 e. The predicted octanol–water partition coefficient (Wildman–Crippen LogP) is 2.02. The Kier molecular flexibility index (Phi) is 3.31. The van der Waals surface area contributed by atoms with Gasteiger partial charge in [-0.25, -0.2) is 10.3 Å². The summed E-state index contributed by atoms with van der Waals surface area (Å²) >= 11 is 0. The molecule has 0 aliphatic carbocycles. The number of rotatable bonds is 3. The molecule has 0 aliphatic heterocycles. The molecule has 0 fully saturated rings. The van der Waals surface area contributed by atoms with Crippen molar-refractivity contribution in [1.82, 2.24) is 0 Å². The molecule has 2 N–H and O–H groups in total. The third kappa shape index (κ3) is 2.46. The van der Waals surface area contributed by atoms with Gasteiger partial charge in [0.2, 0.25) is 0 Å². The molecule has 1 aromatic carbocycles. The first-order valence-corrected chi connectivity index (χ1v) is 4.73. The van der Waals surface area contributed by atoms with Crippen LogP contribution in [-0.2, 0) is 10.4 Å². The zero-order chi connectivity index (χ0) is 11.6. The van der Waals surface area contributed by atoms with E-state index in [1.807, 2.05) is 19.0 Å². The molecule has 0 atom stereocenters. The lowest BCUT2D eigenvalue weighted by Crippen LogP contribution is -2.28. The van der Waals surface area contributed by atoms with Gasteiger partial charge in [-0.05, 0) is 32.0 Å². The Morgan fingerprint density at radius 1 is 1.33 bits per heavy atom. The highest BCUT2D eigenvalue weighted by atomic mass is 19.1. The second-order valence-electron chi connectivity index (χ2n) is 4.18. The van der Waals surface area contributed by atoms with Gasteiger partial charge in [0.05, 0.1) is 0 Å². The minimum absolute atomic E-state index is 0.291. The van der Waals surface area contributed by atoms with Gasteiger partial charge >= 0.3 is 0 Å². The Balaban J connectivity index is 3.30. The highest BCUT2D eigenvalue weighted by molar-refractivity contribution is 5.55. The van der Waals surface area contributed by atoms with Crippen LogP contribution >= 0.6 is 0 Å². The molecule has 0 heterocycles. The molecule has 1 rings (SSSR count). The highest BCUT2D eigenvalue weighted by Gasteiger charge is 2.25. The quantitative estimate of drug-likeness (QED) is 0.779. The van der Waals surface area contributed by atoms with Gasteiger partial charge in [-0.2, -0.15) is 0 Å². The van der Waals surface area contributed by atoms with Gasteiger partial charge in [0.15, 0.2) is 0 Å². The number of halogens is 1. The molecule has 4 heteroatoms. The summed E-state index contributed by atoms with van der Waals surface area (Å²) in [6.45, 7) is 3.60. The molecule has 0 aromatic heterocycles. The van der Waals surface area contributed by atoms with E-state index >= 15 is 0 Å². The molecule has 3 nitrogen and oxygen atoms in total. The maximum absolute atomic E-state index is 13.2. The van der Waals surface area contributed by atoms with Crippen LogP contribution in [-0.4, -0.2) is 14.1 Å². The Labute approximate surface area is 89.6 Å². The minimum Gasteiger partial charge on any atom is -0.377 e. The number of hydrogen-bond acceptors (Lipinski definition) is 3. The van der Waals surface area contributed by atoms with Crippen LogP contribution in [0, 0.1) is 5.82 Å². The van der Waals surface area contributed by atoms with Crippen molar-refractivity contribution in [2.75, 3.05) is 19.0 Å². The summed E-state index contributed by atoms with van der Waals surface area (Å²) in [5.41, 5.74) is 0.920. The van der Waals surface area contributed by atoms with Gasteiger partial charge in [0.25, 0.3) is 0 Å². The molecule has 84 valence electrons. The molecule has 0 saturated carbocycles. The van der Waals surface area contributed by atoms with Crippen molar-refractivity contribution in [3.8, 4) is 0 Å². The standard InChI is InChI=1S/C11H17FN2O/c1-11(2,15-13)9-7-8(12)5-6-10(9)14(3)4/h5-7H,13H2,1-4H3. The number of benzene rings is 1. The van der Waals surface area contributed by atoms with Crippen molar-refractivity contribution in [3.63, 3.8) is 0 Å². The Bertz CT molecular complexity index is 350. The fraction of sp³-hybridized carbons (Fsp3) is 0.455. The zero-order valence-corrected chi connectivity index (χ0v) is 9.54. The van der Waals surface area contributed by atoms with E-state index in [0.29, 0.717) is 0 Å². The van der Waals surface area contributed by atoms with E-state index in [1.165, 1.54) is 12.1 Å². The van der Waals surface area contributed by atoms with Gasteiger partial charge in [-0.15, -0.1) is 0 Å². The highest BCUT2D eigenvalue weighted by Crippen LogP contribution is 2.31. The van der Waals surface area contributed by atoms with E-state index in [1.54, 1.807) is 19.9 Å². The lowest BCUT2D eigenvalue weighted by molar-refractivity contribution is -0.0234. The number of anilines is 1. The van der Waals surface area contributed by atoms with E-state index < -0.39 is 5.60 Å². The summed E-state index contributed by atoms with van der Waals surface area (Å²) < 4.78 is 13.2. The van der Waals surface area contributed by atoms with Crippen molar-refractivity contribution in [1.29, 1.82) is 0 Å². The molecule has 0 amide bonds. The normalized spacial score (nSPS) is 11.6. The SMILES string of the molecule is CN(C)c1ccc(F)cc1C(C)(C)ON. The average Bonchev–Trinajstić information content (AvgIpc) is 2.17. The first-order valence-electron chi connectivity index (χ1n) is 4.73. The minimum atomic E-state index is -0.707. The van der Waals surface area contributed by atoms with Crippen molar-refractivity contribution < 1.29 is 9.23 Å². The molecular formula is C11H17FN2O. The number of nitrogens with zero attached hydrogens (tertiary/aromatic N) is 1. The van der Waals surface area contributed by atoms with Gasteiger partial charge in [0, 0.05) is 25.3 Å². The molecule has 0 unspecified atom stereocenters. The van der Waals surface area contributed by atoms with Crippen molar-refractivity contribution in [2.45, 2.75) is 19.4 Å². The van der Waals surface area contributed by atoms with Gasteiger partial charge < -0.3 is 4.90 Å². The van der Waals surface area contributed by atoms with Gasteiger partial charge in [-0.1, -0.05) is 0 Å². The van der Waals surface area contributed by atoms with E-state index in [0.717, 1.165) is 11.3 Å². The lowest BCUT2D eigenvalue weighted by Gasteiger charge is -2.28. The first-order chi connectivity index (χ1) is 6.88. The predicted molar refractivity (Wildman–Crippen MR) is 59.0 cm³/mol. The maximum Gasteiger partial charge on any atom is 0.123 e. The fourth-order valence-electron chi connectivity index (χ4n) is 1.44. The van der Waals surface area contributed by atoms with Crippen LogP contribution in [0.25, 0.3) is 0 Å². The van der Waals surface area contributed by atoms with Crippen LogP contribution in [0.1, 0.15) is 19.4 Å². The second kappa shape index (κ2) is 4.16. The summed E-state index contributed by atoms with van der Waals surface area (Å²) in [6, 6.07) is 4.58. The van der Waals surface area contributed by atoms with Crippen LogP contribution in [0.2, 0.25) is 0 Å². The van der Waals surface area contributed by atoms with Crippen LogP contribution in [0.3, 0.4) is 0 Å². The largest absolute Gasteiger partial charge is 0.377 e. The fourth-order valence-corrected chi connectivity index (χ4v) is 1.44. The first kappa shape index (κ1) is 11.9. The van der Waals surface area contributed by atoms with E-state index in [9.17, 15) is 4.39 Å². The Morgan fingerprint density at radius 3 is 2.40 bits per heavy atom. The molecule has 1 aromatic rings. The molecular weight excluding hydrogens is 195 g/mol. The Hall–Kier alpha value is -1.13. The maximum atomic E-state index is 13.2. The number of nitrogens with two attached hydrogens (primary N) is 1. The summed E-state index contributed by atoms with van der Waals surface area (Å²) in [5.74, 6) is 4.93.